The van der Waals surface area contributed by atoms with E-state index < -0.39 is 56.2 Å². The number of hydrogen-bond donors (Lipinski definition) is 4. The number of aliphatic hydroxyl groups excluding tert-OH is 2. The maximum Gasteiger partial charge on any atom is 0.459 e. The van der Waals surface area contributed by atoms with Crippen LogP contribution in [0.3, 0.4) is 0 Å². The molecule has 1 saturated heterocycles. The van der Waals surface area contributed by atoms with Crippen LogP contribution in [0.5, 0.6) is 5.75 Å². The van der Waals surface area contributed by atoms with E-state index in [0.717, 1.165) is 44.2 Å². The molecular weight excluding hydrogens is 610 g/mol. The average Bonchev–Trinajstić information content (AvgIpc) is 3.52. The second-order valence-electron chi connectivity index (χ2n) is 10.6. The van der Waals surface area contributed by atoms with E-state index in [9.17, 15) is 24.0 Å². The molecule has 2 fully saturated rings. The van der Waals surface area contributed by atoms with Gasteiger partial charge in [0.15, 0.2) is 17.7 Å². The lowest BCUT2D eigenvalue weighted by Crippen LogP contribution is -2.41. The van der Waals surface area contributed by atoms with Gasteiger partial charge in [-0.05, 0) is 51.7 Å². The fourth-order valence-electron chi connectivity index (χ4n) is 5.13. The fraction of sp³-hybridized carbons (Fsp3) is 0.538. The number of carbonyl (C=O) groups excluding carboxylic acids is 1. The Kier molecular flexibility index (Phi) is 9.52. The van der Waals surface area contributed by atoms with Crippen LogP contribution in [0.1, 0.15) is 52.2 Å². The van der Waals surface area contributed by atoms with Crippen molar-refractivity contribution in [1.29, 1.82) is 0 Å². The number of rotatable bonds is 10. The van der Waals surface area contributed by atoms with Crippen LogP contribution in [-0.2, 0) is 23.4 Å². The molecule has 14 nitrogen and oxygen atoms in total. The summed E-state index contributed by atoms with van der Waals surface area (Å²) in [7, 11) is -4.48. The van der Waals surface area contributed by atoms with E-state index in [1.54, 1.807) is 0 Å². The number of nitrogens with two attached hydrogens (primary N) is 1. The van der Waals surface area contributed by atoms with Crippen LogP contribution in [0.25, 0.3) is 11.2 Å². The van der Waals surface area contributed by atoms with E-state index in [-0.39, 0.29) is 33.9 Å². The van der Waals surface area contributed by atoms with E-state index >= 15 is 0 Å². The van der Waals surface area contributed by atoms with E-state index in [1.807, 2.05) is 0 Å². The molecule has 3 aromatic rings. The third kappa shape index (κ3) is 6.93. The Morgan fingerprint density at radius 2 is 1.95 bits per heavy atom. The number of halogens is 2. The number of nitrogens with zero attached hydrogens (tertiary/aromatic N) is 4. The van der Waals surface area contributed by atoms with Crippen LogP contribution >= 0.6 is 19.3 Å². The molecule has 1 unspecified atom stereocenters. The zero-order valence-electron chi connectivity index (χ0n) is 23.4. The van der Waals surface area contributed by atoms with Crippen molar-refractivity contribution in [3.8, 4) is 5.75 Å². The van der Waals surface area contributed by atoms with Gasteiger partial charge >= 0.3 is 13.7 Å². The molecule has 1 saturated carbocycles. The van der Waals surface area contributed by atoms with Gasteiger partial charge in [-0.25, -0.2) is 23.9 Å². The molecule has 0 amide bonds. The topological polar surface area (TPSA) is 193 Å². The van der Waals surface area contributed by atoms with Gasteiger partial charge in [0.25, 0.3) is 0 Å². The summed E-state index contributed by atoms with van der Waals surface area (Å²) in [6.07, 6.45) is 0.141. The molecule has 2 aliphatic rings. The van der Waals surface area contributed by atoms with Crippen molar-refractivity contribution in [1.82, 2.24) is 24.6 Å². The molecule has 3 heterocycles. The smallest absolute Gasteiger partial charge is 0.459 e. The van der Waals surface area contributed by atoms with Crippen LogP contribution in [0, 0.1) is 5.82 Å². The molecule has 17 heteroatoms. The monoisotopic (exact) mass is 642 g/mol. The molecule has 1 aliphatic carbocycles. The number of aliphatic hydroxyl groups is 2. The van der Waals surface area contributed by atoms with Crippen LogP contribution in [0.15, 0.2) is 30.9 Å². The van der Waals surface area contributed by atoms with Crippen molar-refractivity contribution >= 4 is 42.3 Å². The van der Waals surface area contributed by atoms with Crippen LogP contribution in [0.4, 0.5) is 10.2 Å². The Bertz CT molecular complexity index is 1510. The van der Waals surface area contributed by atoms with Crippen LogP contribution in [0.2, 0.25) is 5.02 Å². The number of hydrogen-bond acceptors (Lipinski definition) is 12. The highest BCUT2D eigenvalue weighted by Gasteiger charge is 2.49. The zero-order valence-corrected chi connectivity index (χ0v) is 25.0. The molecule has 7 atom stereocenters. The number of ether oxygens (including phenoxy) is 2. The molecule has 0 bridgehead atoms. The van der Waals surface area contributed by atoms with Gasteiger partial charge in [-0.3, -0.25) is 13.9 Å². The van der Waals surface area contributed by atoms with Crippen molar-refractivity contribution in [3.63, 3.8) is 0 Å². The summed E-state index contributed by atoms with van der Waals surface area (Å²) >= 11 is 5.88. The second kappa shape index (κ2) is 13.0. The first-order valence-corrected chi connectivity index (χ1v) is 15.7. The molecule has 5 N–H and O–H groups in total. The number of nitrogen functional groups attached to an aromatic ring is 1. The van der Waals surface area contributed by atoms with Gasteiger partial charge in [0.2, 0.25) is 0 Å². The maximum absolute atomic E-state index is 14.1. The van der Waals surface area contributed by atoms with Crippen molar-refractivity contribution < 1.29 is 42.5 Å². The number of aromatic nitrogens is 4. The first-order valence-electron chi connectivity index (χ1n) is 13.8. The molecule has 0 spiro atoms. The highest BCUT2D eigenvalue weighted by Crippen LogP contribution is 2.48. The highest BCUT2D eigenvalue weighted by atomic mass is 35.5. The average molecular weight is 643 g/mol. The Morgan fingerprint density at radius 1 is 1.21 bits per heavy atom. The first-order chi connectivity index (χ1) is 20.5. The van der Waals surface area contributed by atoms with Gasteiger partial charge in [0, 0.05) is 6.07 Å². The summed E-state index contributed by atoms with van der Waals surface area (Å²) in [5, 5.41) is 24.0. The summed E-state index contributed by atoms with van der Waals surface area (Å²) in [5.74, 6) is -1.39. The largest absolute Gasteiger partial charge is 0.461 e. The van der Waals surface area contributed by atoms with E-state index in [0.29, 0.717) is 0 Å². The van der Waals surface area contributed by atoms with Gasteiger partial charge in [-0.2, -0.15) is 5.09 Å². The van der Waals surface area contributed by atoms with Crippen molar-refractivity contribution in [2.75, 3.05) is 5.73 Å². The fourth-order valence-corrected chi connectivity index (χ4v) is 6.98. The maximum atomic E-state index is 14.1. The molecule has 1 aromatic carbocycles. The van der Waals surface area contributed by atoms with Crippen LogP contribution < -0.4 is 15.3 Å². The number of anilines is 1. The highest BCUT2D eigenvalue weighted by molar-refractivity contribution is 7.52. The summed E-state index contributed by atoms with van der Waals surface area (Å²) in [5.41, 5.74) is 6.39. The SMILES string of the molecule is C[C@H](NP(=O)(Oc1ccc(F)c(Cl)c1)O[C@@H](C)[C@H]1O[C@@H](n2cnc3c(N)ncnc32)[C@H](O)[C@@H]1O)C(=O)OC1CCCCC1. The molecule has 2 aromatic heterocycles. The van der Waals surface area contributed by atoms with Gasteiger partial charge in [-0.15, -0.1) is 0 Å². The molecule has 0 radical (unpaired) electrons. The number of esters is 1. The molecular formula is C26H33ClFN6O8P. The minimum absolute atomic E-state index is 0.116. The normalized spacial score (nSPS) is 25.7. The Hall–Kier alpha value is -2.91. The van der Waals surface area contributed by atoms with Gasteiger partial charge < -0.3 is 29.9 Å². The third-order valence-electron chi connectivity index (χ3n) is 7.36. The van der Waals surface area contributed by atoms with E-state index in [2.05, 4.69) is 20.0 Å². The molecule has 43 heavy (non-hydrogen) atoms. The first kappa shape index (κ1) is 31.5. The van der Waals surface area contributed by atoms with E-state index in [1.165, 1.54) is 37.1 Å². The second-order valence-corrected chi connectivity index (χ2v) is 12.6. The summed E-state index contributed by atoms with van der Waals surface area (Å²) in [6, 6.07) is 2.16. The number of imidazole rings is 1. The molecule has 1 aliphatic heterocycles. The Labute approximate surface area is 251 Å². The Balaban J connectivity index is 1.35. The van der Waals surface area contributed by atoms with Crippen LogP contribution in [-0.4, -0.2) is 72.3 Å². The quantitative estimate of drug-likeness (QED) is 0.186. The molecule has 234 valence electrons. The van der Waals surface area contributed by atoms with Crippen molar-refractivity contribution in [2.24, 2.45) is 0 Å². The standard InChI is InChI=1S/C26H33ClFN6O8P/c1-13(26(37)39-15-6-4-3-5-7-15)33-43(38,42-16-8-9-18(28)17(27)10-16)41-14(2)22-20(35)21(36)25(40-22)34-12-32-19-23(29)30-11-31-24(19)34/h8-15,20-22,25,35-36H,3-7H2,1-2H3,(H,33,38)(H2,29,30,31)/t13-,14-,20-,21+,22+,25+,43?/m0/s1. The predicted octanol–water partition coefficient (Wildman–Crippen LogP) is 3.27. The van der Waals surface area contributed by atoms with Gasteiger partial charge in [-0.1, -0.05) is 18.0 Å². The minimum Gasteiger partial charge on any atom is -0.461 e. The third-order valence-corrected chi connectivity index (χ3v) is 9.42. The predicted molar refractivity (Wildman–Crippen MR) is 151 cm³/mol. The number of fused-ring (bicyclic) bond motifs is 1. The van der Waals surface area contributed by atoms with Crippen molar-refractivity contribution in [2.45, 2.75) is 88.7 Å². The molecule has 5 rings (SSSR count). The number of nitrogens with one attached hydrogen (secondary N) is 1. The van der Waals surface area contributed by atoms with Crippen molar-refractivity contribution in [3.05, 3.63) is 41.7 Å². The lowest BCUT2D eigenvalue weighted by Gasteiger charge is -2.29. The zero-order chi connectivity index (χ0) is 30.9. The van der Waals surface area contributed by atoms with Gasteiger partial charge in [0.1, 0.15) is 53.9 Å². The summed E-state index contributed by atoms with van der Waals surface area (Å²) in [6.45, 7) is 2.88. The van der Waals surface area contributed by atoms with Gasteiger partial charge in [0.05, 0.1) is 17.5 Å². The summed E-state index contributed by atoms with van der Waals surface area (Å²) in [4.78, 5) is 25.0. The lowest BCUT2D eigenvalue weighted by atomic mass is 9.98. The summed E-state index contributed by atoms with van der Waals surface area (Å²) < 4.78 is 52.3. The lowest BCUT2D eigenvalue weighted by molar-refractivity contribution is -0.152. The van der Waals surface area contributed by atoms with E-state index in [4.69, 9.17) is 35.9 Å². The Morgan fingerprint density at radius 3 is 2.67 bits per heavy atom. The number of carbonyl (C=O) groups is 1. The minimum atomic E-state index is -4.48. The number of benzene rings is 1.